The number of aromatic nitrogens is 1. The van der Waals surface area contributed by atoms with Gasteiger partial charge in [0.1, 0.15) is 0 Å². The van der Waals surface area contributed by atoms with E-state index >= 15 is 0 Å². The molecule has 0 saturated heterocycles. The van der Waals surface area contributed by atoms with Crippen LogP contribution in [0.4, 0.5) is 0 Å². The molecule has 78 valence electrons. The molecule has 0 aliphatic heterocycles. The molecule has 0 atom stereocenters. The fourth-order valence-electron chi connectivity index (χ4n) is 1.09. The molecule has 0 fully saturated rings. The fourth-order valence-corrected chi connectivity index (χ4v) is 1.09. The molecule has 1 rings (SSSR count). The zero-order valence-corrected chi connectivity index (χ0v) is 9.08. The van der Waals surface area contributed by atoms with E-state index in [1.807, 2.05) is 25.1 Å². The van der Waals surface area contributed by atoms with Gasteiger partial charge in [-0.25, -0.2) is 4.98 Å². The van der Waals surface area contributed by atoms with Gasteiger partial charge in [0.2, 0.25) is 5.88 Å². The predicted octanol–water partition coefficient (Wildman–Crippen LogP) is 1.98. The Balaban J connectivity index is 2.54. The van der Waals surface area contributed by atoms with Crippen LogP contribution in [0.25, 0.3) is 0 Å². The highest BCUT2D eigenvalue weighted by Gasteiger charge is 1.98. The van der Waals surface area contributed by atoms with E-state index in [9.17, 15) is 0 Å². The Morgan fingerprint density at radius 3 is 2.86 bits per heavy atom. The maximum absolute atomic E-state index is 5.31. The molecular formula is C11H18N2O. The van der Waals surface area contributed by atoms with E-state index in [0.29, 0.717) is 18.5 Å². The summed E-state index contributed by atoms with van der Waals surface area (Å²) in [4.78, 5) is 4.35. The molecule has 0 radical (unpaired) electrons. The number of ether oxygens (including phenoxy) is 1. The first kappa shape index (κ1) is 11.0. The number of hydrogen-bond donors (Lipinski definition) is 1. The minimum Gasteiger partial charge on any atom is -0.478 e. The highest BCUT2D eigenvalue weighted by Crippen LogP contribution is 2.07. The van der Waals surface area contributed by atoms with Crippen LogP contribution < -0.4 is 10.1 Å². The standard InChI is InChI=1S/C11H18N2O/c1-4-14-11-7-5-6-10(13-11)8-12-9(2)3/h5-7,9,12H,4,8H2,1-3H3. The number of hydrogen-bond acceptors (Lipinski definition) is 3. The van der Waals surface area contributed by atoms with Crippen LogP contribution in [0.15, 0.2) is 18.2 Å². The van der Waals surface area contributed by atoms with Gasteiger partial charge < -0.3 is 10.1 Å². The molecule has 0 unspecified atom stereocenters. The first-order valence-corrected chi connectivity index (χ1v) is 5.04. The van der Waals surface area contributed by atoms with E-state index in [2.05, 4.69) is 24.1 Å². The largest absolute Gasteiger partial charge is 0.478 e. The molecule has 0 bridgehead atoms. The lowest BCUT2D eigenvalue weighted by atomic mass is 10.3. The van der Waals surface area contributed by atoms with Gasteiger partial charge >= 0.3 is 0 Å². The van der Waals surface area contributed by atoms with Crippen molar-refractivity contribution in [2.45, 2.75) is 33.4 Å². The SMILES string of the molecule is CCOc1cccc(CNC(C)C)n1. The molecule has 1 aromatic rings. The van der Waals surface area contributed by atoms with E-state index in [1.54, 1.807) is 0 Å². The van der Waals surface area contributed by atoms with Crippen LogP contribution in [0.2, 0.25) is 0 Å². The van der Waals surface area contributed by atoms with Crippen LogP contribution in [0.3, 0.4) is 0 Å². The summed E-state index contributed by atoms with van der Waals surface area (Å²) in [6.07, 6.45) is 0. The number of rotatable bonds is 5. The number of nitrogens with one attached hydrogen (secondary N) is 1. The summed E-state index contributed by atoms with van der Waals surface area (Å²) in [6.45, 7) is 7.64. The maximum Gasteiger partial charge on any atom is 0.213 e. The smallest absolute Gasteiger partial charge is 0.213 e. The normalized spacial score (nSPS) is 10.6. The average Bonchev–Trinajstić information content (AvgIpc) is 2.16. The molecule has 0 amide bonds. The quantitative estimate of drug-likeness (QED) is 0.778. The Labute approximate surface area is 85.5 Å². The third kappa shape index (κ3) is 3.75. The third-order valence-electron chi connectivity index (χ3n) is 1.76. The van der Waals surface area contributed by atoms with Crippen LogP contribution in [0, 0.1) is 0 Å². The molecule has 14 heavy (non-hydrogen) atoms. The Hall–Kier alpha value is -1.09. The number of nitrogens with zero attached hydrogens (tertiary/aromatic N) is 1. The van der Waals surface area contributed by atoms with E-state index in [0.717, 1.165) is 12.2 Å². The third-order valence-corrected chi connectivity index (χ3v) is 1.76. The predicted molar refractivity (Wildman–Crippen MR) is 57.4 cm³/mol. The second-order valence-corrected chi connectivity index (χ2v) is 3.44. The Morgan fingerprint density at radius 1 is 1.43 bits per heavy atom. The summed E-state index contributed by atoms with van der Waals surface area (Å²) in [6, 6.07) is 6.32. The van der Waals surface area contributed by atoms with Crippen LogP contribution in [0.5, 0.6) is 5.88 Å². The van der Waals surface area contributed by atoms with Crippen LogP contribution in [-0.4, -0.2) is 17.6 Å². The van der Waals surface area contributed by atoms with Gasteiger partial charge in [0, 0.05) is 18.7 Å². The fraction of sp³-hybridized carbons (Fsp3) is 0.545. The van der Waals surface area contributed by atoms with Crippen molar-refractivity contribution in [3.63, 3.8) is 0 Å². The second kappa shape index (κ2) is 5.60. The summed E-state index contributed by atoms with van der Waals surface area (Å²) in [5.41, 5.74) is 1.02. The summed E-state index contributed by atoms with van der Waals surface area (Å²) in [7, 11) is 0. The van der Waals surface area contributed by atoms with Crippen molar-refractivity contribution in [1.29, 1.82) is 0 Å². The highest BCUT2D eigenvalue weighted by molar-refractivity contribution is 5.15. The zero-order chi connectivity index (χ0) is 10.4. The molecule has 0 spiro atoms. The second-order valence-electron chi connectivity index (χ2n) is 3.44. The molecule has 0 aromatic carbocycles. The highest BCUT2D eigenvalue weighted by atomic mass is 16.5. The number of pyridine rings is 1. The summed E-state index contributed by atoms with van der Waals surface area (Å²) < 4.78 is 5.31. The zero-order valence-electron chi connectivity index (χ0n) is 9.08. The van der Waals surface area contributed by atoms with Gasteiger partial charge in [0.25, 0.3) is 0 Å². The van der Waals surface area contributed by atoms with Crippen molar-refractivity contribution in [3.05, 3.63) is 23.9 Å². The molecule has 0 aliphatic carbocycles. The van der Waals surface area contributed by atoms with Crippen molar-refractivity contribution in [2.24, 2.45) is 0 Å². The first-order chi connectivity index (χ1) is 6.72. The van der Waals surface area contributed by atoms with Crippen molar-refractivity contribution < 1.29 is 4.74 Å². The molecular weight excluding hydrogens is 176 g/mol. The minimum atomic E-state index is 0.479. The average molecular weight is 194 g/mol. The molecule has 0 aliphatic rings. The van der Waals surface area contributed by atoms with Crippen molar-refractivity contribution >= 4 is 0 Å². The molecule has 1 heterocycles. The Kier molecular flexibility index (Phi) is 4.40. The van der Waals surface area contributed by atoms with Crippen LogP contribution >= 0.6 is 0 Å². The summed E-state index contributed by atoms with van der Waals surface area (Å²) >= 11 is 0. The van der Waals surface area contributed by atoms with Gasteiger partial charge in [-0.3, -0.25) is 0 Å². The molecule has 1 N–H and O–H groups in total. The molecule has 0 saturated carbocycles. The lowest BCUT2D eigenvalue weighted by Gasteiger charge is -2.08. The van der Waals surface area contributed by atoms with E-state index in [4.69, 9.17) is 4.74 Å². The molecule has 3 heteroatoms. The van der Waals surface area contributed by atoms with Gasteiger partial charge in [0.05, 0.1) is 12.3 Å². The summed E-state index contributed by atoms with van der Waals surface area (Å²) in [5, 5.41) is 3.31. The maximum atomic E-state index is 5.31. The van der Waals surface area contributed by atoms with Crippen molar-refractivity contribution in [2.75, 3.05) is 6.61 Å². The topological polar surface area (TPSA) is 34.1 Å². The summed E-state index contributed by atoms with van der Waals surface area (Å²) in [5.74, 6) is 0.704. The minimum absolute atomic E-state index is 0.479. The first-order valence-electron chi connectivity index (χ1n) is 5.04. The van der Waals surface area contributed by atoms with E-state index in [-0.39, 0.29) is 0 Å². The lowest BCUT2D eigenvalue weighted by molar-refractivity contribution is 0.325. The van der Waals surface area contributed by atoms with Crippen LogP contribution in [-0.2, 0) is 6.54 Å². The Morgan fingerprint density at radius 2 is 2.21 bits per heavy atom. The van der Waals surface area contributed by atoms with E-state index in [1.165, 1.54) is 0 Å². The molecule has 3 nitrogen and oxygen atoms in total. The van der Waals surface area contributed by atoms with Crippen molar-refractivity contribution in [1.82, 2.24) is 10.3 Å². The van der Waals surface area contributed by atoms with Gasteiger partial charge in [-0.2, -0.15) is 0 Å². The van der Waals surface area contributed by atoms with Crippen molar-refractivity contribution in [3.8, 4) is 5.88 Å². The van der Waals surface area contributed by atoms with E-state index < -0.39 is 0 Å². The van der Waals surface area contributed by atoms with Gasteiger partial charge in [-0.15, -0.1) is 0 Å². The van der Waals surface area contributed by atoms with Gasteiger partial charge in [-0.05, 0) is 13.0 Å². The van der Waals surface area contributed by atoms with Gasteiger partial charge in [-0.1, -0.05) is 19.9 Å². The Bertz CT molecular complexity index is 274. The van der Waals surface area contributed by atoms with Crippen LogP contribution in [0.1, 0.15) is 26.5 Å². The molecule has 1 aromatic heterocycles. The lowest BCUT2D eigenvalue weighted by Crippen LogP contribution is -2.22. The van der Waals surface area contributed by atoms with Gasteiger partial charge in [0.15, 0.2) is 0 Å². The monoisotopic (exact) mass is 194 g/mol.